The third kappa shape index (κ3) is 4.03. The molecule has 6 nitrogen and oxygen atoms in total. The first-order chi connectivity index (χ1) is 8.70. The summed E-state index contributed by atoms with van der Waals surface area (Å²) in [7, 11) is 0. The second-order valence-electron chi connectivity index (χ2n) is 4.04. The van der Waals surface area contributed by atoms with Crippen LogP contribution in [0.2, 0.25) is 0 Å². The molecule has 0 bridgehead atoms. The molecular weight excluding hydrogens is 232 g/mol. The first kappa shape index (κ1) is 14.5. The fourth-order valence-corrected chi connectivity index (χ4v) is 1.54. The maximum Gasteiger partial charge on any atom is 0.273 e. The molecule has 4 N–H and O–H groups in total. The molecule has 18 heavy (non-hydrogen) atoms. The van der Waals surface area contributed by atoms with E-state index in [2.05, 4.69) is 22.4 Å². The van der Waals surface area contributed by atoms with Gasteiger partial charge in [0.1, 0.15) is 0 Å². The standard InChI is InChI=1S/C12H22N4O2/c1-3-7-18-8-5-6-14-12(17)11-10(13)9(4-2)15-16-11/h3-8,13H2,1-2H3,(H,14,17)(H,15,16). The second kappa shape index (κ2) is 7.71. The van der Waals surface area contributed by atoms with Crippen molar-refractivity contribution < 1.29 is 9.53 Å². The van der Waals surface area contributed by atoms with Crippen molar-refractivity contribution in [3.8, 4) is 0 Å². The molecule has 6 heteroatoms. The van der Waals surface area contributed by atoms with E-state index < -0.39 is 0 Å². The molecule has 0 fully saturated rings. The highest BCUT2D eigenvalue weighted by atomic mass is 16.5. The maximum atomic E-state index is 11.8. The lowest BCUT2D eigenvalue weighted by Crippen LogP contribution is -2.26. The highest BCUT2D eigenvalue weighted by Gasteiger charge is 2.15. The molecular formula is C12H22N4O2. The van der Waals surface area contributed by atoms with E-state index in [0.717, 1.165) is 31.6 Å². The van der Waals surface area contributed by atoms with Gasteiger partial charge in [-0.15, -0.1) is 0 Å². The fraction of sp³-hybridized carbons (Fsp3) is 0.667. The van der Waals surface area contributed by atoms with Gasteiger partial charge >= 0.3 is 0 Å². The predicted molar refractivity (Wildman–Crippen MR) is 70.4 cm³/mol. The number of aromatic nitrogens is 2. The number of ether oxygens (including phenoxy) is 1. The Morgan fingerprint density at radius 3 is 2.83 bits per heavy atom. The average Bonchev–Trinajstić information content (AvgIpc) is 2.74. The molecule has 0 aliphatic carbocycles. The van der Waals surface area contributed by atoms with Gasteiger partial charge in [-0.05, 0) is 19.3 Å². The summed E-state index contributed by atoms with van der Waals surface area (Å²) in [6.07, 6.45) is 2.53. The van der Waals surface area contributed by atoms with E-state index in [1.165, 1.54) is 0 Å². The number of anilines is 1. The van der Waals surface area contributed by atoms with Gasteiger partial charge in [0.25, 0.3) is 5.91 Å². The molecule has 0 aliphatic rings. The third-order valence-electron chi connectivity index (χ3n) is 2.55. The number of nitrogens with zero attached hydrogens (tertiary/aromatic N) is 1. The first-order valence-electron chi connectivity index (χ1n) is 6.39. The smallest absolute Gasteiger partial charge is 0.273 e. The minimum atomic E-state index is -0.237. The summed E-state index contributed by atoms with van der Waals surface area (Å²) < 4.78 is 5.32. The third-order valence-corrected chi connectivity index (χ3v) is 2.55. The van der Waals surface area contributed by atoms with E-state index in [9.17, 15) is 4.79 Å². The molecule has 0 radical (unpaired) electrons. The van der Waals surface area contributed by atoms with Crippen LogP contribution in [0.25, 0.3) is 0 Å². The molecule has 0 aliphatic heterocycles. The molecule has 102 valence electrons. The largest absolute Gasteiger partial charge is 0.395 e. The van der Waals surface area contributed by atoms with Crippen LogP contribution in [-0.2, 0) is 11.2 Å². The van der Waals surface area contributed by atoms with Crippen LogP contribution in [0.5, 0.6) is 0 Å². The molecule has 0 saturated heterocycles. The summed E-state index contributed by atoms with van der Waals surface area (Å²) in [6, 6.07) is 0. The van der Waals surface area contributed by atoms with Crippen LogP contribution < -0.4 is 11.1 Å². The first-order valence-corrected chi connectivity index (χ1v) is 6.39. The zero-order valence-electron chi connectivity index (χ0n) is 11.1. The van der Waals surface area contributed by atoms with Crippen LogP contribution in [0.4, 0.5) is 5.69 Å². The number of carbonyl (C=O) groups is 1. The minimum Gasteiger partial charge on any atom is -0.395 e. The molecule has 0 unspecified atom stereocenters. The highest BCUT2D eigenvalue weighted by Crippen LogP contribution is 2.13. The Labute approximate surface area is 107 Å². The monoisotopic (exact) mass is 254 g/mol. The van der Waals surface area contributed by atoms with Crippen molar-refractivity contribution in [1.82, 2.24) is 15.5 Å². The van der Waals surface area contributed by atoms with E-state index in [1.807, 2.05) is 6.92 Å². The van der Waals surface area contributed by atoms with Crippen LogP contribution in [0, 0.1) is 0 Å². The zero-order valence-corrected chi connectivity index (χ0v) is 11.1. The van der Waals surface area contributed by atoms with Crippen LogP contribution in [0.3, 0.4) is 0 Å². The molecule has 1 amide bonds. The van der Waals surface area contributed by atoms with Gasteiger partial charge in [-0.25, -0.2) is 0 Å². The van der Waals surface area contributed by atoms with Gasteiger partial charge in [0.15, 0.2) is 5.69 Å². The SMILES string of the molecule is CCCOCCCNC(=O)c1n[nH]c(CC)c1N. The average molecular weight is 254 g/mol. The van der Waals surface area contributed by atoms with E-state index in [-0.39, 0.29) is 11.6 Å². The molecule has 0 aromatic carbocycles. The lowest BCUT2D eigenvalue weighted by molar-refractivity contribution is 0.0937. The van der Waals surface area contributed by atoms with Crippen molar-refractivity contribution in [3.63, 3.8) is 0 Å². The number of nitrogens with one attached hydrogen (secondary N) is 2. The zero-order chi connectivity index (χ0) is 13.4. The van der Waals surface area contributed by atoms with Crippen LogP contribution >= 0.6 is 0 Å². The summed E-state index contributed by atoms with van der Waals surface area (Å²) in [4.78, 5) is 11.8. The number of carbonyl (C=O) groups excluding carboxylic acids is 1. The normalized spacial score (nSPS) is 10.6. The van der Waals surface area contributed by atoms with E-state index in [1.54, 1.807) is 0 Å². The molecule has 0 saturated carbocycles. The highest BCUT2D eigenvalue weighted by molar-refractivity contribution is 5.97. The predicted octanol–water partition coefficient (Wildman–Crippen LogP) is 1.10. The van der Waals surface area contributed by atoms with Gasteiger partial charge in [-0.1, -0.05) is 13.8 Å². The number of hydrogen-bond donors (Lipinski definition) is 3. The van der Waals surface area contributed by atoms with Crippen molar-refractivity contribution in [3.05, 3.63) is 11.4 Å². The number of hydrogen-bond acceptors (Lipinski definition) is 4. The van der Waals surface area contributed by atoms with Crippen molar-refractivity contribution in [2.45, 2.75) is 33.1 Å². The van der Waals surface area contributed by atoms with Gasteiger partial charge in [0, 0.05) is 19.8 Å². The number of rotatable bonds is 8. The summed E-state index contributed by atoms with van der Waals surface area (Å²) >= 11 is 0. The topological polar surface area (TPSA) is 93.0 Å². The number of H-pyrrole nitrogens is 1. The lowest BCUT2D eigenvalue weighted by atomic mass is 10.2. The molecule has 1 rings (SSSR count). The minimum absolute atomic E-state index is 0.237. The summed E-state index contributed by atoms with van der Waals surface area (Å²) in [5, 5.41) is 9.46. The Balaban J connectivity index is 2.30. The van der Waals surface area contributed by atoms with Crippen LogP contribution in [0.15, 0.2) is 0 Å². The summed E-state index contributed by atoms with van der Waals surface area (Å²) in [6.45, 7) is 6.00. The Kier molecular flexibility index (Phi) is 6.21. The maximum absolute atomic E-state index is 11.8. The van der Waals surface area contributed by atoms with Crippen molar-refractivity contribution in [2.75, 3.05) is 25.5 Å². The van der Waals surface area contributed by atoms with E-state index >= 15 is 0 Å². The van der Waals surface area contributed by atoms with E-state index in [4.69, 9.17) is 10.5 Å². The van der Waals surface area contributed by atoms with Crippen molar-refractivity contribution in [2.24, 2.45) is 0 Å². The van der Waals surface area contributed by atoms with Gasteiger partial charge in [-0.2, -0.15) is 5.10 Å². The van der Waals surface area contributed by atoms with Gasteiger partial charge in [0.05, 0.1) is 11.4 Å². The van der Waals surface area contributed by atoms with Gasteiger partial charge < -0.3 is 15.8 Å². The Hall–Kier alpha value is -1.56. The lowest BCUT2D eigenvalue weighted by Gasteiger charge is -2.04. The Morgan fingerprint density at radius 2 is 2.22 bits per heavy atom. The molecule has 1 heterocycles. The molecule has 0 spiro atoms. The summed E-state index contributed by atoms with van der Waals surface area (Å²) in [5.74, 6) is -0.237. The molecule has 1 aromatic heterocycles. The van der Waals surface area contributed by atoms with Gasteiger partial charge in [0.2, 0.25) is 0 Å². The quantitative estimate of drug-likeness (QED) is 0.606. The number of aromatic amines is 1. The number of amides is 1. The Bertz CT molecular complexity index is 376. The van der Waals surface area contributed by atoms with Gasteiger partial charge in [-0.3, -0.25) is 9.89 Å². The molecule has 0 atom stereocenters. The van der Waals surface area contributed by atoms with Crippen molar-refractivity contribution in [1.29, 1.82) is 0 Å². The van der Waals surface area contributed by atoms with Crippen molar-refractivity contribution >= 4 is 11.6 Å². The Morgan fingerprint density at radius 1 is 1.44 bits per heavy atom. The fourth-order valence-electron chi connectivity index (χ4n) is 1.54. The number of aryl methyl sites for hydroxylation is 1. The number of nitrogens with two attached hydrogens (primary N) is 1. The van der Waals surface area contributed by atoms with Crippen LogP contribution in [-0.4, -0.2) is 35.9 Å². The molecule has 1 aromatic rings. The number of nitrogen functional groups attached to an aromatic ring is 1. The van der Waals surface area contributed by atoms with E-state index in [0.29, 0.717) is 18.8 Å². The summed E-state index contributed by atoms with van der Waals surface area (Å²) in [5.41, 5.74) is 7.32. The second-order valence-corrected chi connectivity index (χ2v) is 4.04. The van der Waals surface area contributed by atoms with Crippen LogP contribution in [0.1, 0.15) is 42.9 Å².